The molecule has 0 saturated carbocycles. The molecule has 16 heteroatoms. The van der Waals surface area contributed by atoms with Gasteiger partial charge in [-0.05, 0) is 12.5 Å². The molecule has 0 radical (unpaired) electrons. The molecule has 35 heavy (non-hydrogen) atoms. The summed E-state index contributed by atoms with van der Waals surface area (Å²) in [7, 11) is -3.80. The van der Waals surface area contributed by atoms with Crippen LogP contribution in [0.4, 0.5) is 4.79 Å². The summed E-state index contributed by atoms with van der Waals surface area (Å²) in [6.07, 6.45) is 0. The Kier molecular flexibility index (Phi) is 9.02. The number of hydrogen-bond acceptors (Lipinski definition) is 8. The summed E-state index contributed by atoms with van der Waals surface area (Å²) in [5, 5.41) is 4.63. The van der Waals surface area contributed by atoms with E-state index in [1.54, 1.807) is 25.1 Å². The van der Waals surface area contributed by atoms with Crippen molar-refractivity contribution in [3.8, 4) is 0 Å². The van der Waals surface area contributed by atoms with Crippen molar-refractivity contribution < 1.29 is 41.7 Å². The fourth-order valence-corrected chi connectivity index (χ4v) is 4.22. The second kappa shape index (κ2) is 11.0. The number of hydrogen-bond donors (Lipinski definition) is 3. The van der Waals surface area contributed by atoms with Gasteiger partial charge in [0.15, 0.2) is 0 Å². The van der Waals surface area contributed by atoms with Crippen LogP contribution < -0.4 is 10.6 Å². The molecule has 2 aliphatic rings. The van der Waals surface area contributed by atoms with Gasteiger partial charge in [0.2, 0.25) is 11.6 Å². The van der Waals surface area contributed by atoms with Crippen LogP contribution in [0.5, 0.6) is 0 Å². The number of nitrogens with one attached hydrogen (secondary N) is 2. The van der Waals surface area contributed by atoms with Crippen molar-refractivity contribution in [2.45, 2.75) is 18.7 Å². The number of imide groups is 1. The van der Waals surface area contributed by atoms with Crippen LogP contribution in [0.2, 0.25) is 0 Å². The van der Waals surface area contributed by atoms with Crippen molar-refractivity contribution in [2.24, 2.45) is 0 Å². The fourth-order valence-electron chi connectivity index (χ4n) is 3.52. The molecule has 2 heterocycles. The van der Waals surface area contributed by atoms with E-state index >= 15 is 0 Å². The van der Waals surface area contributed by atoms with E-state index in [4.69, 9.17) is 9.29 Å². The fraction of sp³-hybridized carbons (Fsp3) is 0.421. The number of methoxy groups -OCH3 is 1. The zero-order valence-electron chi connectivity index (χ0n) is 18.3. The van der Waals surface area contributed by atoms with Crippen molar-refractivity contribution in [3.05, 3.63) is 35.9 Å². The molecule has 2 atom stereocenters. The van der Waals surface area contributed by atoms with E-state index in [2.05, 4.69) is 10.6 Å². The van der Waals surface area contributed by atoms with Crippen molar-refractivity contribution >= 4 is 69.5 Å². The third kappa shape index (κ3) is 5.65. The number of piperazine rings is 1. The number of urea groups is 1. The molecule has 2 fully saturated rings. The molecule has 186 valence electrons. The van der Waals surface area contributed by atoms with Crippen LogP contribution in [-0.4, -0.2) is 125 Å². The van der Waals surface area contributed by atoms with E-state index in [1.165, 1.54) is 17.0 Å². The number of nitrogens with zero attached hydrogens (tertiary/aromatic N) is 3. The standard InChI is InChI=1S/C19H23N5O9S.Na.H/c1-3-22-9-10-23(16(27)15(22)26)18(29)20-13(12-7-5-4-6-8-12)14(25)21-19(33-2)11-24(17(19)28)34(30,31)32;;/h4-8,13H,3,9-11H2,1-2H3,(H,20,29)(H,21,25)(H,30,31,32);;. The summed E-state index contributed by atoms with van der Waals surface area (Å²) in [5.41, 5.74) is -1.83. The molecular weight excluding hydrogens is 497 g/mol. The van der Waals surface area contributed by atoms with Crippen molar-refractivity contribution in [1.82, 2.24) is 24.7 Å². The van der Waals surface area contributed by atoms with Crippen molar-refractivity contribution in [3.63, 3.8) is 0 Å². The quantitative estimate of drug-likeness (QED) is 0.116. The molecule has 2 unspecified atom stereocenters. The maximum atomic E-state index is 13.1. The summed E-state index contributed by atoms with van der Waals surface area (Å²) < 4.78 is 36.7. The molecule has 1 aromatic carbocycles. The maximum absolute atomic E-state index is 13.1. The van der Waals surface area contributed by atoms with Gasteiger partial charge in [-0.3, -0.25) is 28.6 Å². The van der Waals surface area contributed by atoms with Gasteiger partial charge < -0.3 is 20.3 Å². The Morgan fingerprint density at radius 2 is 1.77 bits per heavy atom. The average molecular weight is 521 g/mol. The Bertz CT molecular complexity index is 1130. The summed E-state index contributed by atoms with van der Waals surface area (Å²) in [4.78, 5) is 64.7. The van der Waals surface area contributed by atoms with E-state index in [0.717, 1.165) is 7.11 Å². The molecule has 0 bridgehead atoms. The van der Waals surface area contributed by atoms with E-state index in [9.17, 15) is 32.4 Å². The molecule has 2 saturated heterocycles. The van der Waals surface area contributed by atoms with Crippen LogP contribution in [0, 0.1) is 0 Å². The van der Waals surface area contributed by atoms with E-state index in [-0.39, 0.29) is 52.5 Å². The third-order valence-corrected chi connectivity index (χ3v) is 6.34. The minimum atomic E-state index is -4.85. The zero-order valence-corrected chi connectivity index (χ0v) is 19.1. The van der Waals surface area contributed by atoms with Crippen LogP contribution in [0.1, 0.15) is 18.5 Å². The predicted octanol–water partition coefficient (Wildman–Crippen LogP) is -2.42. The third-order valence-electron chi connectivity index (χ3n) is 5.49. The monoisotopic (exact) mass is 521 g/mol. The summed E-state index contributed by atoms with van der Waals surface area (Å²) >= 11 is 0. The number of benzene rings is 1. The topological polar surface area (TPSA) is 183 Å². The Hall–Kier alpha value is -2.56. The molecule has 3 rings (SSSR count). The molecule has 6 amide bonds. The number of carbonyl (C=O) groups is 5. The molecule has 1 aromatic rings. The molecule has 2 aliphatic heterocycles. The van der Waals surface area contributed by atoms with Gasteiger partial charge in [-0.25, -0.2) is 9.10 Å². The molecule has 0 aliphatic carbocycles. The van der Waals surface area contributed by atoms with Crippen LogP contribution in [0.25, 0.3) is 0 Å². The van der Waals surface area contributed by atoms with Gasteiger partial charge in [0.05, 0.1) is 6.54 Å². The number of carbonyl (C=O) groups excluding carboxylic acids is 5. The van der Waals surface area contributed by atoms with Gasteiger partial charge in [-0.1, -0.05) is 30.3 Å². The van der Waals surface area contributed by atoms with Crippen LogP contribution >= 0.6 is 0 Å². The average Bonchev–Trinajstić information content (AvgIpc) is 2.80. The number of β-lactam (4-membered cyclic amide) rings is 1. The predicted molar refractivity (Wildman–Crippen MR) is 120 cm³/mol. The zero-order chi connectivity index (χ0) is 25.3. The molecule has 0 spiro atoms. The van der Waals surface area contributed by atoms with Crippen LogP contribution in [-0.2, 0) is 34.2 Å². The Balaban J connectivity index is 0.00000432. The Morgan fingerprint density at radius 3 is 2.29 bits per heavy atom. The molecular formula is C19H24N5NaO9S. The first-order valence-corrected chi connectivity index (χ1v) is 11.5. The van der Waals surface area contributed by atoms with E-state index in [0.29, 0.717) is 11.4 Å². The number of likely N-dealkylation sites (N-methyl/N-ethyl adjacent to an activating group) is 1. The van der Waals surface area contributed by atoms with E-state index < -0.39 is 58.3 Å². The molecule has 14 nitrogen and oxygen atoms in total. The van der Waals surface area contributed by atoms with Crippen LogP contribution in [0.3, 0.4) is 0 Å². The van der Waals surface area contributed by atoms with Gasteiger partial charge in [0, 0.05) is 26.7 Å². The number of amides is 6. The van der Waals surface area contributed by atoms with Gasteiger partial charge in [0.25, 0.3) is 5.91 Å². The van der Waals surface area contributed by atoms with Crippen molar-refractivity contribution in [2.75, 3.05) is 33.3 Å². The normalized spacial score (nSPS) is 21.1. The number of rotatable bonds is 7. The van der Waals surface area contributed by atoms with Gasteiger partial charge in [-0.2, -0.15) is 8.42 Å². The Labute approximate surface area is 223 Å². The van der Waals surface area contributed by atoms with Crippen LogP contribution in [0.15, 0.2) is 30.3 Å². The number of ether oxygens (including phenoxy) is 1. The summed E-state index contributed by atoms with van der Waals surface area (Å²) in [6, 6.07) is 5.36. The summed E-state index contributed by atoms with van der Waals surface area (Å²) in [6.45, 7) is 1.32. The first-order chi connectivity index (χ1) is 15.9. The second-order valence-electron chi connectivity index (χ2n) is 7.44. The molecule has 0 aromatic heterocycles. The SMILES string of the molecule is CCN1CCN(C(=O)NC(C(=O)NC2(OC)CN(S(=O)(=O)O)C2=O)c2ccccc2)C(=O)C1=O.[NaH]. The minimum absolute atomic E-state index is 0. The Morgan fingerprint density at radius 1 is 1.14 bits per heavy atom. The van der Waals surface area contributed by atoms with Gasteiger partial charge >= 0.3 is 57.7 Å². The van der Waals surface area contributed by atoms with Gasteiger partial charge in [0.1, 0.15) is 6.04 Å². The van der Waals surface area contributed by atoms with Gasteiger partial charge in [-0.15, -0.1) is 0 Å². The van der Waals surface area contributed by atoms with E-state index in [1.807, 2.05) is 0 Å². The first-order valence-electron chi connectivity index (χ1n) is 10.1. The first kappa shape index (κ1) is 28.7. The molecule has 3 N–H and O–H groups in total. The second-order valence-corrected chi connectivity index (χ2v) is 8.78. The van der Waals surface area contributed by atoms with Crippen molar-refractivity contribution in [1.29, 1.82) is 0 Å². The summed E-state index contributed by atoms with van der Waals surface area (Å²) in [5.74, 6) is -4.10.